The molecule has 0 radical (unpaired) electrons. The van der Waals surface area contributed by atoms with Gasteiger partial charge in [-0.05, 0) is 60.9 Å². The minimum absolute atomic E-state index is 0.344. The van der Waals surface area contributed by atoms with Crippen molar-refractivity contribution in [2.24, 2.45) is 5.73 Å². The molecule has 0 aromatic carbocycles. The molecule has 0 rings (SSSR count). The highest BCUT2D eigenvalue weighted by Crippen LogP contribution is 2.12. The Hall–Kier alpha value is -0.630. The van der Waals surface area contributed by atoms with Crippen LogP contribution in [0.4, 0.5) is 0 Å². The first kappa shape index (κ1) is 15.4. The summed E-state index contributed by atoms with van der Waals surface area (Å²) >= 11 is 0. The molecule has 94 valence electrons. The Balaban J connectivity index is 3.91. The highest BCUT2D eigenvalue weighted by Gasteiger charge is 2.22. The summed E-state index contributed by atoms with van der Waals surface area (Å²) in [6, 6.07) is 2.49. The van der Waals surface area contributed by atoms with Gasteiger partial charge in [-0.3, -0.25) is 0 Å². The number of rotatable bonds is 7. The van der Waals surface area contributed by atoms with Crippen LogP contribution in [-0.4, -0.2) is 55.6 Å². The maximum Gasteiger partial charge on any atom is 0.102 e. The molecule has 16 heavy (non-hydrogen) atoms. The molecule has 0 aliphatic heterocycles. The summed E-state index contributed by atoms with van der Waals surface area (Å²) in [5, 5.41) is 8.87. The largest absolute Gasteiger partial charge is 0.314 e. The van der Waals surface area contributed by atoms with Gasteiger partial charge in [0.05, 0.1) is 6.07 Å². The van der Waals surface area contributed by atoms with Gasteiger partial charge < -0.3 is 15.5 Å². The third-order valence-electron chi connectivity index (χ3n) is 2.84. The van der Waals surface area contributed by atoms with Crippen molar-refractivity contribution in [2.75, 3.05) is 34.2 Å². The summed E-state index contributed by atoms with van der Waals surface area (Å²) in [6.07, 6.45) is 1.85. The lowest BCUT2D eigenvalue weighted by atomic mass is 9.96. The van der Waals surface area contributed by atoms with Crippen LogP contribution in [0.1, 0.15) is 26.7 Å². The van der Waals surface area contributed by atoms with Crippen molar-refractivity contribution in [3.05, 3.63) is 0 Å². The molecule has 0 saturated carbocycles. The Morgan fingerprint density at radius 1 is 1.31 bits per heavy atom. The lowest BCUT2D eigenvalue weighted by molar-refractivity contribution is 0.215. The van der Waals surface area contributed by atoms with E-state index in [0.717, 1.165) is 19.5 Å². The monoisotopic (exact) mass is 226 g/mol. The van der Waals surface area contributed by atoms with Crippen molar-refractivity contribution < 1.29 is 0 Å². The minimum Gasteiger partial charge on any atom is -0.314 e. The van der Waals surface area contributed by atoms with Gasteiger partial charge in [0.2, 0.25) is 0 Å². The van der Waals surface area contributed by atoms with E-state index in [2.05, 4.69) is 43.9 Å². The smallest absolute Gasteiger partial charge is 0.102 e. The van der Waals surface area contributed by atoms with Gasteiger partial charge in [0.15, 0.2) is 0 Å². The molecule has 0 bridgehead atoms. The number of hydrogen-bond donors (Lipinski definition) is 1. The van der Waals surface area contributed by atoms with E-state index >= 15 is 0 Å². The Morgan fingerprint density at radius 2 is 1.88 bits per heavy atom. The van der Waals surface area contributed by atoms with Crippen molar-refractivity contribution in [1.82, 2.24) is 9.80 Å². The van der Waals surface area contributed by atoms with Crippen molar-refractivity contribution in [3.63, 3.8) is 0 Å². The van der Waals surface area contributed by atoms with Gasteiger partial charge in [-0.1, -0.05) is 0 Å². The van der Waals surface area contributed by atoms with Gasteiger partial charge in [-0.2, -0.15) is 5.26 Å². The van der Waals surface area contributed by atoms with Gasteiger partial charge in [0, 0.05) is 6.04 Å². The quantitative estimate of drug-likeness (QED) is 0.700. The van der Waals surface area contributed by atoms with E-state index in [-0.39, 0.29) is 0 Å². The second-order valence-electron chi connectivity index (χ2n) is 5.22. The van der Waals surface area contributed by atoms with E-state index in [1.807, 2.05) is 0 Å². The number of nitrogens with two attached hydrogens (primary N) is 1. The predicted octanol–water partition coefficient (Wildman–Crippen LogP) is 0.889. The molecule has 0 amide bonds. The molecular weight excluding hydrogens is 200 g/mol. The van der Waals surface area contributed by atoms with Gasteiger partial charge >= 0.3 is 0 Å². The molecular formula is C12H26N4. The predicted molar refractivity (Wildman–Crippen MR) is 68.1 cm³/mol. The molecule has 4 nitrogen and oxygen atoms in total. The second-order valence-corrected chi connectivity index (χ2v) is 5.22. The highest BCUT2D eigenvalue weighted by atomic mass is 15.1. The van der Waals surface area contributed by atoms with Crippen LogP contribution in [0.3, 0.4) is 0 Å². The fourth-order valence-corrected chi connectivity index (χ4v) is 1.67. The molecule has 0 aromatic rings. The third-order valence-corrected chi connectivity index (χ3v) is 2.84. The number of hydrogen-bond acceptors (Lipinski definition) is 4. The summed E-state index contributed by atoms with van der Waals surface area (Å²) in [6.45, 7) is 6.05. The van der Waals surface area contributed by atoms with Crippen LogP contribution in [0.25, 0.3) is 0 Å². The second kappa shape index (κ2) is 6.85. The van der Waals surface area contributed by atoms with Crippen molar-refractivity contribution in [3.8, 4) is 6.07 Å². The van der Waals surface area contributed by atoms with E-state index in [9.17, 15) is 0 Å². The highest BCUT2D eigenvalue weighted by molar-refractivity contribution is 5.02. The summed E-state index contributed by atoms with van der Waals surface area (Å²) in [5.41, 5.74) is 5.12. The first-order chi connectivity index (χ1) is 7.28. The van der Waals surface area contributed by atoms with Crippen LogP contribution in [-0.2, 0) is 0 Å². The zero-order chi connectivity index (χ0) is 12.8. The molecule has 2 atom stereocenters. The van der Waals surface area contributed by atoms with E-state index in [4.69, 9.17) is 11.0 Å². The van der Waals surface area contributed by atoms with E-state index < -0.39 is 5.54 Å². The average molecular weight is 226 g/mol. The SMILES string of the molecule is CC(CC(C)(N)C#N)N(C)CCCN(C)C. The Bertz CT molecular complexity index is 230. The first-order valence-corrected chi connectivity index (χ1v) is 5.83. The molecule has 4 heteroatoms. The van der Waals surface area contributed by atoms with Gasteiger partial charge in [-0.15, -0.1) is 0 Å². The van der Waals surface area contributed by atoms with Gasteiger partial charge in [0.1, 0.15) is 5.54 Å². The standard InChI is InChI=1S/C12H26N4/c1-11(9-12(2,14)10-13)16(5)8-6-7-15(3)4/h11H,6-9,14H2,1-5H3. The Morgan fingerprint density at radius 3 is 2.31 bits per heavy atom. The molecule has 0 aliphatic rings. The normalized spacial score (nSPS) is 17.2. The van der Waals surface area contributed by atoms with E-state index in [1.165, 1.54) is 0 Å². The zero-order valence-electron chi connectivity index (χ0n) is 11.3. The lowest BCUT2D eigenvalue weighted by Gasteiger charge is -2.29. The van der Waals surface area contributed by atoms with Crippen LogP contribution >= 0.6 is 0 Å². The van der Waals surface area contributed by atoms with E-state index in [0.29, 0.717) is 12.5 Å². The lowest BCUT2D eigenvalue weighted by Crippen LogP contribution is -2.43. The molecule has 0 fully saturated rings. The molecule has 0 spiro atoms. The average Bonchev–Trinajstić information content (AvgIpc) is 2.16. The first-order valence-electron chi connectivity index (χ1n) is 5.83. The van der Waals surface area contributed by atoms with E-state index in [1.54, 1.807) is 6.92 Å². The number of nitrogens with zero attached hydrogens (tertiary/aromatic N) is 3. The molecule has 0 saturated heterocycles. The molecule has 0 aliphatic carbocycles. The molecule has 0 heterocycles. The van der Waals surface area contributed by atoms with Crippen LogP contribution < -0.4 is 5.73 Å². The van der Waals surface area contributed by atoms with Crippen LogP contribution in [0.5, 0.6) is 0 Å². The molecule has 0 aromatic heterocycles. The maximum atomic E-state index is 8.87. The Labute approximate surface area is 100 Å². The minimum atomic E-state index is -0.713. The summed E-state index contributed by atoms with van der Waals surface area (Å²) in [7, 11) is 6.25. The maximum absolute atomic E-state index is 8.87. The summed E-state index contributed by atoms with van der Waals surface area (Å²) in [5.74, 6) is 0. The third kappa shape index (κ3) is 6.78. The van der Waals surface area contributed by atoms with Crippen LogP contribution in [0.15, 0.2) is 0 Å². The molecule has 2 unspecified atom stereocenters. The summed E-state index contributed by atoms with van der Waals surface area (Å²) < 4.78 is 0. The van der Waals surface area contributed by atoms with Gasteiger partial charge in [-0.25, -0.2) is 0 Å². The number of nitriles is 1. The zero-order valence-corrected chi connectivity index (χ0v) is 11.3. The van der Waals surface area contributed by atoms with Gasteiger partial charge in [0.25, 0.3) is 0 Å². The van der Waals surface area contributed by atoms with Crippen molar-refractivity contribution in [1.29, 1.82) is 5.26 Å². The van der Waals surface area contributed by atoms with Crippen LogP contribution in [0, 0.1) is 11.3 Å². The topological polar surface area (TPSA) is 56.3 Å². The van der Waals surface area contributed by atoms with Crippen molar-refractivity contribution in [2.45, 2.75) is 38.3 Å². The fourth-order valence-electron chi connectivity index (χ4n) is 1.67. The fraction of sp³-hybridized carbons (Fsp3) is 0.917. The molecule has 2 N–H and O–H groups in total. The summed E-state index contributed by atoms with van der Waals surface area (Å²) in [4.78, 5) is 4.45. The Kier molecular flexibility index (Phi) is 6.58. The van der Waals surface area contributed by atoms with Crippen molar-refractivity contribution >= 4 is 0 Å². The van der Waals surface area contributed by atoms with Crippen LogP contribution in [0.2, 0.25) is 0 Å².